The molecule has 0 atom stereocenters. The summed E-state index contributed by atoms with van der Waals surface area (Å²) in [5.74, 6) is 6.19. The molecule has 0 saturated carbocycles. The molecule has 0 bridgehead atoms. The Labute approximate surface area is 112 Å². The summed E-state index contributed by atoms with van der Waals surface area (Å²) in [5.41, 5.74) is 3.26. The van der Waals surface area contributed by atoms with Gasteiger partial charge in [0.2, 0.25) is 11.9 Å². The minimum Gasteiger partial charge on any atom is -0.383 e. The van der Waals surface area contributed by atoms with Crippen LogP contribution in [0.5, 0.6) is 0 Å². The number of amides is 1. The molecule has 0 unspecified atom stereocenters. The van der Waals surface area contributed by atoms with E-state index in [1.54, 1.807) is 13.3 Å². The van der Waals surface area contributed by atoms with Crippen molar-refractivity contribution in [3.63, 3.8) is 0 Å². The van der Waals surface area contributed by atoms with Gasteiger partial charge < -0.3 is 15.4 Å². The van der Waals surface area contributed by atoms with Crippen LogP contribution in [-0.2, 0) is 9.53 Å². The van der Waals surface area contributed by atoms with E-state index in [2.05, 4.69) is 26.0 Å². The van der Waals surface area contributed by atoms with Crippen molar-refractivity contribution < 1.29 is 9.53 Å². The van der Waals surface area contributed by atoms with E-state index in [1.807, 2.05) is 6.92 Å². The second kappa shape index (κ2) is 8.22. The number of aromatic nitrogens is 2. The number of nitrogens with zero attached hydrogens (tertiary/aromatic N) is 2. The lowest BCUT2D eigenvalue weighted by molar-refractivity contribution is -0.121. The van der Waals surface area contributed by atoms with E-state index in [4.69, 9.17) is 10.6 Å². The van der Waals surface area contributed by atoms with E-state index in [0.29, 0.717) is 37.9 Å². The molecule has 1 aromatic heterocycles. The molecule has 0 aromatic carbocycles. The first kappa shape index (κ1) is 15.1. The second-order valence-corrected chi connectivity index (χ2v) is 3.89. The van der Waals surface area contributed by atoms with Crippen molar-refractivity contribution >= 4 is 17.7 Å². The van der Waals surface area contributed by atoms with E-state index in [1.165, 1.54) is 0 Å². The number of nitrogen functional groups attached to an aromatic ring is 1. The predicted molar refractivity (Wildman–Crippen MR) is 72.6 cm³/mol. The van der Waals surface area contributed by atoms with Crippen molar-refractivity contribution in [3.8, 4) is 0 Å². The summed E-state index contributed by atoms with van der Waals surface area (Å²) in [7, 11) is 1.59. The highest BCUT2D eigenvalue weighted by Gasteiger charge is 2.04. The maximum absolute atomic E-state index is 11.4. The van der Waals surface area contributed by atoms with Gasteiger partial charge in [-0.25, -0.2) is 10.8 Å². The number of carbonyl (C=O) groups excluding carboxylic acids is 1. The van der Waals surface area contributed by atoms with Crippen LogP contribution in [0.4, 0.5) is 11.8 Å². The van der Waals surface area contributed by atoms with Gasteiger partial charge in [-0.15, -0.1) is 0 Å². The van der Waals surface area contributed by atoms with Gasteiger partial charge in [-0.05, 0) is 6.92 Å². The molecule has 0 aliphatic heterocycles. The summed E-state index contributed by atoms with van der Waals surface area (Å²) in [6, 6.07) is 0. The summed E-state index contributed by atoms with van der Waals surface area (Å²) < 4.78 is 4.84. The molecule has 1 heterocycles. The van der Waals surface area contributed by atoms with Crippen LogP contribution in [0.25, 0.3) is 0 Å². The fourth-order valence-electron chi connectivity index (χ4n) is 1.37. The average Bonchev–Trinajstić information content (AvgIpc) is 2.41. The van der Waals surface area contributed by atoms with Gasteiger partial charge in [0.25, 0.3) is 0 Å². The number of hydrazine groups is 1. The van der Waals surface area contributed by atoms with Crippen LogP contribution in [0.3, 0.4) is 0 Å². The van der Waals surface area contributed by atoms with Crippen molar-refractivity contribution in [2.45, 2.75) is 13.3 Å². The van der Waals surface area contributed by atoms with Gasteiger partial charge in [0.1, 0.15) is 5.82 Å². The predicted octanol–water partition coefficient (Wildman–Crippen LogP) is -0.365. The van der Waals surface area contributed by atoms with Crippen LogP contribution in [0.2, 0.25) is 0 Å². The van der Waals surface area contributed by atoms with Crippen molar-refractivity contribution in [3.05, 3.63) is 11.8 Å². The molecule has 1 amide bonds. The van der Waals surface area contributed by atoms with Gasteiger partial charge in [-0.2, -0.15) is 4.98 Å². The zero-order valence-corrected chi connectivity index (χ0v) is 11.2. The first-order chi connectivity index (χ1) is 9.17. The van der Waals surface area contributed by atoms with Crippen LogP contribution in [-0.4, -0.2) is 42.7 Å². The number of hydrogen-bond acceptors (Lipinski definition) is 7. The highest BCUT2D eigenvalue weighted by molar-refractivity contribution is 5.76. The third-order valence-electron chi connectivity index (χ3n) is 2.37. The molecule has 0 fully saturated rings. The SMILES string of the molecule is COCCNC(=O)CCNc1nc(NN)ncc1C. The zero-order valence-electron chi connectivity index (χ0n) is 11.2. The van der Waals surface area contributed by atoms with Gasteiger partial charge in [-0.1, -0.05) is 0 Å². The summed E-state index contributed by atoms with van der Waals surface area (Å²) >= 11 is 0. The molecule has 0 spiro atoms. The number of hydrogen-bond donors (Lipinski definition) is 4. The van der Waals surface area contributed by atoms with Crippen molar-refractivity contribution in [1.29, 1.82) is 0 Å². The van der Waals surface area contributed by atoms with Gasteiger partial charge in [0.15, 0.2) is 0 Å². The standard InChI is InChI=1S/C11H20N6O2/c1-8-7-15-11(17-12)16-10(8)14-4-3-9(18)13-5-6-19-2/h7H,3-6,12H2,1-2H3,(H,13,18)(H2,14,15,16,17). The Morgan fingerprint density at radius 2 is 2.26 bits per heavy atom. The number of ether oxygens (including phenoxy) is 1. The first-order valence-corrected chi connectivity index (χ1v) is 5.97. The number of carbonyl (C=O) groups is 1. The molecule has 5 N–H and O–H groups in total. The lowest BCUT2D eigenvalue weighted by Gasteiger charge is -2.09. The fourth-order valence-corrected chi connectivity index (χ4v) is 1.37. The first-order valence-electron chi connectivity index (χ1n) is 5.97. The molecule has 106 valence electrons. The van der Waals surface area contributed by atoms with Crippen LogP contribution in [0.15, 0.2) is 6.20 Å². The van der Waals surface area contributed by atoms with Crippen LogP contribution in [0.1, 0.15) is 12.0 Å². The van der Waals surface area contributed by atoms with Crippen LogP contribution >= 0.6 is 0 Å². The van der Waals surface area contributed by atoms with Crippen molar-refractivity contribution in [2.75, 3.05) is 37.5 Å². The molecule has 1 aromatic rings. The van der Waals surface area contributed by atoms with E-state index < -0.39 is 0 Å². The van der Waals surface area contributed by atoms with Crippen LogP contribution in [0, 0.1) is 6.92 Å². The number of rotatable bonds is 8. The Morgan fingerprint density at radius 1 is 1.47 bits per heavy atom. The third kappa shape index (κ3) is 5.49. The van der Waals surface area contributed by atoms with Crippen molar-refractivity contribution in [1.82, 2.24) is 15.3 Å². The maximum atomic E-state index is 11.4. The highest BCUT2D eigenvalue weighted by atomic mass is 16.5. The minimum atomic E-state index is -0.0339. The summed E-state index contributed by atoms with van der Waals surface area (Å²) in [6.45, 7) is 3.39. The lowest BCUT2D eigenvalue weighted by atomic mass is 10.3. The van der Waals surface area contributed by atoms with E-state index in [9.17, 15) is 4.79 Å². The van der Waals surface area contributed by atoms with E-state index >= 15 is 0 Å². The monoisotopic (exact) mass is 268 g/mol. The number of aryl methyl sites for hydroxylation is 1. The zero-order chi connectivity index (χ0) is 14.1. The Hall–Kier alpha value is -1.93. The normalized spacial score (nSPS) is 10.1. The number of nitrogens with two attached hydrogens (primary N) is 1. The van der Waals surface area contributed by atoms with Gasteiger partial charge in [-0.3, -0.25) is 10.2 Å². The summed E-state index contributed by atoms with van der Waals surface area (Å²) in [6.07, 6.45) is 2.02. The number of anilines is 2. The second-order valence-electron chi connectivity index (χ2n) is 3.89. The smallest absolute Gasteiger partial charge is 0.239 e. The molecule has 0 saturated heterocycles. The molecule has 8 heteroatoms. The summed E-state index contributed by atoms with van der Waals surface area (Å²) in [4.78, 5) is 19.6. The molecule has 0 aliphatic rings. The quantitative estimate of drug-likeness (QED) is 0.289. The molecule has 8 nitrogen and oxygen atoms in total. The Morgan fingerprint density at radius 3 is 2.95 bits per heavy atom. The fraction of sp³-hybridized carbons (Fsp3) is 0.545. The molecular weight excluding hydrogens is 248 g/mol. The topological polar surface area (TPSA) is 114 Å². The van der Waals surface area contributed by atoms with E-state index in [-0.39, 0.29) is 5.91 Å². The van der Waals surface area contributed by atoms with E-state index in [0.717, 1.165) is 5.56 Å². The van der Waals surface area contributed by atoms with Gasteiger partial charge in [0, 0.05) is 38.4 Å². The summed E-state index contributed by atoms with van der Waals surface area (Å²) in [5, 5.41) is 5.81. The highest BCUT2D eigenvalue weighted by Crippen LogP contribution is 2.11. The Kier molecular flexibility index (Phi) is 6.55. The lowest BCUT2D eigenvalue weighted by Crippen LogP contribution is -2.28. The van der Waals surface area contributed by atoms with Crippen molar-refractivity contribution in [2.24, 2.45) is 5.84 Å². The molecular formula is C11H20N6O2. The Bertz CT molecular complexity index is 412. The van der Waals surface area contributed by atoms with Gasteiger partial charge in [0.05, 0.1) is 6.61 Å². The minimum absolute atomic E-state index is 0.0339. The molecule has 0 radical (unpaired) electrons. The molecule has 19 heavy (non-hydrogen) atoms. The van der Waals surface area contributed by atoms with Gasteiger partial charge >= 0.3 is 0 Å². The number of methoxy groups -OCH3 is 1. The third-order valence-corrected chi connectivity index (χ3v) is 2.37. The average molecular weight is 268 g/mol. The van der Waals surface area contributed by atoms with Crippen LogP contribution < -0.4 is 21.9 Å². The Balaban J connectivity index is 2.34. The number of nitrogens with one attached hydrogen (secondary N) is 3. The maximum Gasteiger partial charge on any atom is 0.239 e. The largest absolute Gasteiger partial charge is 0.383 e. The molecule has 0 aliphatic carbocycles. The molecule has 1 rings (SSSR count).